The summed E-state index contributed by atoms with van der Waals surface area (Å²) >= 11 is 0. The van der Waals surface area contributed by atoms with Crippen LogP contribution in [0, 0.1) is 13.8 Å². The molecule has 1 aromatic heterocycles. The van der Waals surface area contributed by atoms with Gasteiger partial charge < -0.3 is 4.74 Å². The molecular formula is C25H26NOSi+. The molecule has 0 N–H and O–H groups in total. The van der Waals surface area contributed by atoms with E-state index in [1.165, 1.54) is 49.1 Å². The lowest BCUT2D eigenvalue weighted by atomic mass is 9.91. The number of ether oxygens (including phenoxy) is 1. The van der Waals surface area contributed by atoms with Crippen LogP contribution >= 0.6 is 0 Å². The van der Waals surface area contributed by atoms with Gasteiger partial charge in [0.15, 0.2) is 6.20 Å². The van der Waals surface area contributed by atoms with E-state index >= 15 is 0 Å². The first kappa shape index (κ1) is 17.4. The summed E-state index contributed by atoms with van der Waals surface area (Å²) in [5.74, 6) is 1.97. The Morgan fingerprint density at radius 3 is 2.39 bits per heavy atom. The minimum atomic E-state index is -1.44. The molecule has 0 atom stereocenters. The predicted molar refractivity (Wildman–Crippen MR) is 121 cm³/mol. The Kier molecular flexibility index (Phi) is 3.54. The van der Waals surface area contributed by atoms with Crippen molar-refractivity contribution in [3.8, 4) is 22.8 Å². The minimum Gasteiger partial charge on any atom is -0.456 e. The van der Waals surface area contributed by atoms with Crippen LogP contribution in [0.15, 0.2) is 48.7 Å². The smallest absolute Gasteiger partial charge is 0.228 e. The Hall–Kier alpha value is -2.65. The van der Waals surface area contributed by atoms with Crippen molar-refractivity contribution in [3.63, 3.8) is 0 Å². The van der Waals surface area contributed by atoms with E-state index in [4.69, 9.17) is 4.74 Å². The van der Waals surface area contributed by atoms with Gasteiger partial charge in [0.1, 0.15) is 18.5 Å². The number of rotatable bonds is 1. The molecule has 5 rings (SSSR count). The topological polar surface area (TPSA) is 13.1 Å². The van der Waals surface area contributed by atoms with Crippen LogP contribution in [0.2, 0.25) is 19.6 Å². The Bertz CT molecular complexity index is 1300. The Labute approximate surface area is 167 Å². The molecule has 3 aromatic carbocycles. The van der Waals surface area contributed by atoms with Gasteiger partial charge in [-0.25, -0.2) is 4.57 Å². The third-order valence-electron chi connectivity index (χ3n) is 6.04. The molecule has 1 aliphatic rings. The van der Waals surface area contributed by atoms with Crippen LogP contribution in [0.4, 0.5) is 0 Å². The molecule has 3 heteroatoms. The van der Waals surface area contributed by atoms with Gasteiger partial charge >= 0.3 is 0 Å². The number of aryl methyl sites for hydroxylation is 3. The molecule has 0 saturated heterocycles. The zero-order chi connectivity index (χ0) is 19.8. The fourth-order valence-corrected chi connectivity index (χ4v) is 5.58. The van der Waals surface area contributed by atoms with Gasteiger partial charge in [-0.2, -0.15) is 0 Å². The fourth-order valence-electron chi connectivity index (χ4n) is 4.43. The summed E-state index contributed by atoms with van der Waals surface area (Å²) in [6.07, 6.45) is 2.18. The van der Waals surface area contributed by atoms with E-state index in [1.807, 2.05) is 0 Å². The molecule has 0 spiro atoms. The van der Waals surface area contributed by atoms with E-state index in [9.17, 15) is 0 Å². The van der Waals surface area contributed by atoms with Crippen molar-refractivity contribution in [2.75, 3.05) is 0 Å². The second-order valence-corrected chi connectivity index (χ2v) is 14.2. The highest BCUT2D eigenvalue weighted by atomic mass is 28.3. The number of aromatic nitrogens is 1. The van der Waals surface area contributed by atoms with Crippen LogP contribution in [-0.4, -0.2) is 8.07 Å². The van der Waals surface area contributed by atoms with Gasteiger partial charge in [-0.15, -0.1) is 0 Å². The summed E-state index contributed by atoms with van der Waals surface area (Å²) in [6, 6.07) is 15.8. The van der Waals surface area contributed by atoms with Crippen LogP contribution in [-0.2, 0) is 7.05 Å². The average molecular weight is 385 g/mol. The number of nitrogens with zero attached hydrogens (tertiary/aromatic N) is 1. The maximum atomic E-state index is 6.57. The predicted octanol–water partition coefficient (Wildman–Crippen LogP) is 5.75. The van der Waals surface area contributed by atoms with Crippen molar-refractivity contribution in [3.05, 3.63) is 59.8 Å². The van der Waals surface area contributed by atoms with Gasteiger partial charge in [0.2, 0.25) is 5.69 Å². The lowest BCUT2D eigenvalue weighted by Gasteiger charge is -2.25. The molecule has 0 aliphatic carbocycles. The third kappa shape index (κ3) is 2.42. The van der Waals surface area contributed by atoms with Gasteiger partial charge in [-0.3, -0.25) is 0 Å². The molecular weight excluding hydrogens is 358 g/mol. The highest BCUT2D eigenvalue weighted by Gasteiger charge is 2.31. The fraction of sp³-hybridized carbons (Fsp3) is 0.240. The SMILES string of the molecule is Cc1ccc2cc3c(c(C)c2c1)-c1c2c(cc([Si](C)(C)C)cc2cc[n+]1C)O3. The summed E-state index contributed by atoms with van der Waals surface area (Å²) in [5, 5.41) is 6.49. The van der Waals surface area contributed by atoms with Crippen LogP contribution in [0.5, 0.6) is 11.5 Å². The molecule has 4 aromatic rings. The van der Waals surface area contributed by atoms with Crippen molar-refractivity contribution in [1.82, 2.24) is 0 Å². The van der Waals surface area contributed by atoms with Crippen LogP contribution < -0.4 is 14.5 Å². The van der Waals surface area contributed by atoms with Gasteiger partial charge in [-0.1, -0.05) is 54.7 Å². The summed E-state index contributed by atoms with van der Waals surface area (Å²) in [5.41, 5.74) is 5.06. The first-order valence-corrected chi connectivity index (χ1v) is 13.4. The van der Waals surface area contributed by atoms with Crippen molar-refractivity contribution in [2.45, 2.75) is 33.5 Å². The zero-order valence-electron chi connectivity index (χ0n) is 17.5. The van der Waals surface area contributed by atoms with Crippen LogP contribution in [0.3, 0.4) is 0 Å². The first-order chi connectivity index (χ1) is 13.2. The van der Waals surface area contributed by atoms with E-state index < -0.39 is 8.07 Å². The Balaban J connectivity index is 1.93. The first-order valence-electron chi connectivity index (χ1n) is 9.93. The molecule has 0 saturated carbocycles. The van der Waals surface area contributed by atoms with E-state index in [-0.39, 0.29) is 0 Å². The van der Waals surface area contributed by atoms with E-state index in [1.54, 1.807) is 0 Å². The molecule has 0 amide bonds. The van der Waals surface area contributed by atoms with E-state index in [0.717, 1.165) is 11.5 Å². The highest BCUT2D eigenvalue weighted by Crippen LogP contribution is 2.48. The van der Waals surface area contributed by atoms with Crippen LogP contribution in [0.1, 0.15) is 11.1 Å². The van der Waals surface area contributed by atoms with Gasteiger partial charge in [0, 0.05) is 6.07 Å². The lowest BCUT2D eigenvalue weighted by molar-refractivity contribution is -0.659. The van der Waals surface area contributed by atoms with E-state index in [2.05, 4.69) is 93.8 Å². The molecule has 28 heavy (non-hydrogen) atoms. The maximum Gasteiger partial charge on any atom is 0.228 e. The molecule has 0 bridgehead atoms. The van der Waals surface area contributed by atoms with Crippen molar-refractivity contribution < 1.29 is 9.30 Å². The number of hydrogen-bond acceptors (Lipinski definition) is 1. The molecule has 2 heterocycles. The number of pyridine rings is 1. The molecule has 0 fully saturated rings. The monoisotopic (exact) mass is 384 g/mol. The summed E-state index contributed by atoms with van der Waals surface area (Å²) in [7, 11) is 0.694. The lowest BCUT2D eigenvalue weighted by Crippen LogP contribution is -2.38. The van der Waals surface area contributed by atoms with E-state index in [0.29, 0.717) is 0 Å². The Morgan fingerprint density at radius 1 is 0.857 bits per heavy atom. The number of hydrogen-bond donors (Lipinski definition) is 0. The summed E-state index contributed by atoms with van der Waals surface area (Å²) < 4.78 is 8.81. The largest absolute Gasteiger partial charge is 0.456 e. The van der Waals surface area contributed by atoms with Gasteiger partial charge in [0.05, 0.1) is 19.0 Å². The molecule has 0 radical (unpaired) electrons. The standard InChI is InChI=1S/C25H26NOSi/c1-15-7-8-17-13-21-23(16(2)20(17)11-15)25-24-18(9-10-26(25)3)12-19(28(4,5)6)14-22(24)27-21/h7-14H,1-6H3/q+1. The summed E-state index contributed by atoms with van der Waals surface area (Å²) in [4.78, 5) is 0. The normalized spacial score (nSPS) is 12.9. The molecule has 140 valence electrons. The zero-order valence-corrected chi connectivity index (χ0v) is 18.5. The number of benzene rings is 3. The molecule has 2 nitrogen and oxygen atoms in total. The quantitative estimate of drug-likeness (QED) is 0.265. The second kappa shape index (κ2) is 5.68. The molecule has 1 aliphatic heterocycles. The maximum absolute atomic E-state index is 6.57. The Morgan fingerprint density at radius 2 is 1.64 bits per heavy atom. The van der Waals surface area contributed by atoms with Crippen LogP contribution in [0.25, 0.3) is 32.8 Å². The highest BCUT2D eigenvalue weighted by molar-refractivity contribution is 6.88. The summed E-state index contributed by atoms with van der Waals surface area (Å²) in [6.45, 7) is 11.6. The third-order valence-corrected chi connectivity index (χ3v) is 8.06. The van der Waals surface area contributed by atoms with Crippen molar-refractivity contribution >= 4 is 34.8 Å². The van der Waals surface area contributed by atoms with Gasteiger partial charge in [0.25, 0.3) is 0 Å². The molecule has 0 unspecified atom stereocenters. The van der Waals surface area contributed by atoms with Gasteiger partial charge in [-0.05, 0) is 47.7 Å². The number of fused-ring (bicyclic) bond motifs is 3. The van der Waals surface area contributed by atoms with Crippen molar-refractivity contribution in [1.29, 1.82) is 0 Å². The average Bonchev–Trinajstić information content (AvgIpc) is 2.63. The van der Waals surface area contributed by atoms with Crippen molar-refractivity contribution in [2.24, 2.45) is 7.05 Å². The minimum absolute atomic E-state index is 0.970. The second-order valence-electron chi connectivity index (χ2n) is 9.17.